The summed E-state index contributed by atoms with van der Waals surface area (Å²) in [6.07, 6.45) is -0.988. The molecule has 0 bridgehead atoms. The number of halogens is 1. The molecule has 0 aromatic rings. The van der Waals surface area contributed by atoms with E-state index >= 15 is 0 Å². The van der Waals surface area contributed by atoms with Gasteiger partial charge >= 0.3 is 12.1 Å². The summed E-state index contributed by atoms with van der Waals surface area (Å²) in [6.45, 7) is 9.26. The maximum atomic E-state index is 14.4. The molecule has 1 heterocycles. The summed E-state index contributed by atoms with van der Waals surface area (Å²) in [7, 11) is 1.11. The lowest BCUT2D eigenvalue weighted by atomic mass is 9.97. The number of rotatable bonds is 6. The highest BCUT2D eigenvalue weighted by molar-refractivity contribution is 5.87. The molecular weight excluding hydrogens is 343 g/mol. The van der Waals surface area contributed by atoms with Gasteiger partial charge < -0.3 is 19.7 Å². The van der Waals surface area contributed by atoms with E-state index in [1.807, 2.05) is 13.8 Å². The van der Waals surface area contributed by atoms with Crippen LogP contribution in [-0.2, 0) is 19.1 Å². The number of amides is 2. The Hall–Kier alpha value is -1.86. The average Bonchev–Trinajstić information content (AvgIpc) is 3.04. The van der Waals surface area contributed by atoms with Crippen molar-refractivity contribution < 1.29 is 28.2 Å². The molecule has 1 aliphatic heterocycles. The third-order valence-corrected chi connectivity index (χ3v) is 4.50. The third-order valence-electron chi connectivity index (χ3n) is 4.50. The molecule has 0 aromatic heterocycles. The van der Waals surface area contributed by atoms with Gasteiger partial charge in [0.1, 0.15) is 11.6 Å². The van der Waals surface area contributed by atoms with E-state index < -0.39 is 41.8 Å². The summed E-state index contributed by atoms with van der Waals surface area (Å²) < 4.78 is 24.1. The Bertz CT molecular complexity index is 520. The highest BCUT2D eigenvalue weighted by Crippen LogP contribution is 2.25. The number of methoxy groups -OCH3 is 1. The van der Waals surface area contributed by atoms with E-state index in [0.717, 1.165) is 7.11 Å². The van der Waals surface area contributed by atoms with Crippen LogP contribution < -0.4 is 5.32 Å². The van der Waals surface area contributed by atoms with Gasteiger partial charge in [-0.1, -0.05) is 20.3 Å². The number of hydrogen-bond donors (Lipinski definition) is 1. The van der Waals surface area contributed by atoms with Crippen LogP contribution in [0.4, 0.5) is 9.18 Å². The minimum absolute atomic E-state index is 0.174. The van der Waals surface area contributed by atoms with Crippen molar-refractivity contribution in [1.82, 2.24) is 10.2 Å². The minimum Gasteiger partial charge on any atom is -0.467 e. The van der Waals surface area contributed by atoms with Crippen LogP contribution in [0.25, 0.3) is 0 Å². The first-order chi connectivity index (χ1) is 12.0. The van der Waals surface area contributed by atoms with Crippen molar-refractivity contribution in [2.75, 3.05) is 13.7 Å². The predicted molar refractivity (Wildman–Crippen MR) is 94.3 cm³/mol. The summed E-state index contributed by atoms with van der Waals surface area (Å²) in [6, 6.07) is -1.72. The predicted octanol–water partition coefficient (Wildman–Crippen LogP) is 2.43. The van der Waals surface area contributed by atoms with E-state index in [0.29, 0.717) is 25.8 Å². The average molecular weight is 374 g/mol. The van der Waals surface area contributed by atoms with Gasteiger partial charge in [-0.2, -0.15) is 0 Å². The first kappa shape index (κ1) is 22.2. The van der Waals surface area contributed by atoms with Crippen LogP contribution in [0.15, 0.2) is 0 Å². The summed E-state index contributed by atoms with van der Waals surface area (Å²) >= 11 is 0. The van der Waals surface area contributed by atoms with Crippen LogP contribution >= 0.6 is 0 Å². The Morgan fingerprint density at radius 2 is 1.92 bits per heavy atom. The number of hydrogen-bond acceptors (Lipinski definition) is 5. The molecule has 0 radical (unpaired) electrons. The fourth-order valence-corrected chi connectivity index (χ4v) is 2.94. The molecular formula is C18H31FN2O5. The summed E-state index contributed by atoms with van der Waals surface area (Å²) in [5.41, 5.74) is -0.696. The van der Waals surface area contributed by atoms with Crippen LogP contribution in [0.5, 0.6) is 0 Å². The Balaban J connectivity index is 2.94. The number of alkyl carbamates (subject to hydrolysis) is 1. The molecule has 1 fully saturated rings. The third kappa shape index (κ3) is 5.85. The maximum Gasteiger partial charge on any atom is 0.408 e. The van der Waals surface area contributed by atoms with Gasteiger partial charge in [0.2, 0.25) is 12.1 Å². The molecule has 1 N–H and O–H groups in total. The number of likely N-dealkylation sites (tertiary alicyclic amines) is 1. The number of carbonyl (C=O) groups is 3. The van der Waals surface area contributed by atoms with Crippen molar-refractivity contribution in [2.45, 2.75) is 77.7 Å². The first-order valence-electron chi connectivity index (χ1n) is 9.03. The van der Waals surface area contributed by atoms with Crippen LogP contribution in [-0.4, -0.2) is 60.4 Å². The zero-order valence-corrected chi connectivity index (χ0v) is 16.5. The van der Waals surface area contributed by atoms with Gasteiger partial charge in [-0.3, -0.25) is 4.79 Å². The Morgan fingerprint density at radius 1 is 1.31 bits per heavy atom. The number of nitrogens with one attached hydrogen (secondary N) is 1. The number of esters is 1. The zero-order valence-electron chi connectivity index (χ0n) is 16.5. The van der Waals surface area contributed by atoms with E-state index in [4.69, 9.17) is 4.74 Å². The minimum atomic E-state index is -1.90. The van der Waals surface area contributed by atoms with Gasteiger partial charge in [-0.25, -0.2) is 14.0 Å². The van der Waals surface area contributed by atoms with Crippen molar-refractivity contribution in [3.63, 3.8) is 0 Å². The molecule has 26 heavy (non-hydrogen) atoms. The molecule has 0 aromatic carbocycles. The number of ether oxygens (including phenoxy) is 2. The highest BCUT2D eigenvalue weighted by Gasteiger charge is 2.42. The zero-order chi connectivity index (χ0) is 20.1. The molecule has 0 aliphatic carbocycles. The van der Waals surface area contributed by atoms with Gasteiger partial charge in [0, 0.05) is 6.54 Å². The molecule has 7 nitrogen and oxygen atoms in total. The van der Waals surface area contributed by atoms with Crippen molar-refractivity contribution in [2.24, 2.45) is 5.92 Å². The standard InChI is InChI=1S/C18H31FN2O5/c1-7-11(2)14(20-17(24)26-18(3,4)5)15(22)21-10-8-9-12(21)13(19)16(23)25-6/h11-14H,7-10H2,1-6H3,(H,20,24)/t11-,12-,13?,14-/m0/s1. The first-order valence-corrected chi connectivity index (χ1v) is 9.03. The van der Waals surface area contributed by atoms with Crippen LogP contribution in [0, 0.1) is 5.92 Å². The van der Waals surface area contributed by atoms with Gasteiger partial charge in [-0.05, 0) is 39.5 Å². The Kier molecular flexibility index (Phi) is 7.84. The number of alkyl halides is 1. The summed E-state index contributed by atoms with van der Waals surface area (Å²) in [5, 5.41) is 2.61. The normalized spacial score (nSPS) is 20.9. The molecule has 0 saturated carbocycles. The smallest absolute Gasteiger partial charge is 0.408 e. The van der Waals surface area contributed by atoms with E-state index in [9.17, 15) is 18.8 Å². The fraction of sp³-hybridized carbons (Fsp3) is 0.833. The fourth-order valence-electron chi connectivity index (χ4n) is 2.94. The molecule has 150 valence electrons. The van der Waals surface area contributed by atoms with Crippen LogP contribution in [0.2, 0.25) is 0 Å². The SMILES string of the molecule is CC[C@H](C)[C@H](NC(=O)OC(C)(C)C)C(=O)N1CCC[C@H]1C(F)C(=O)OC. The Morgan fingerprint density at radius 3 is 2.42 bits per heavy atom. The lowest BCUT2D eigenvalue weighted by molar-refractivity contribution is -0.151. The van der Waals surface area contributed by atoms with Gasteiger partial charge in [0.15, 0.2) is 0 Å². The molecule has 1 rings (SSSR count). The van der Waals surface area contributed by atoms with Crippen molar-refractivity contribution in [3.05, 3.63) is 0 Å². The maximum absolute atomic E-state index is 14.4. The lowest BCUT2D eigenvalue weighted by Gasteiger charge is -2.33. The van der Waals surface area contributed by atoms with Gasteiger partial charge in [0.25, 0.3) is 0 Å². The molecule has 8 heteroatoms. The molecule has 2 amide bonds. The van der Waals surface area contributed by atoms with Crippen molar-refractivity contribution in [1.29, 1.82) is 0 Å². The monoisotopic (exact) mass is 374 g/mol. The topological polar surface area (TPSA) is 84.9 Å². The molecule has 4 atom stereocenters. The second-order valence-electron chi connectivity index (χ2n) is 7.68. The second-order valence-corrected chi connectivity index (χ2v) is 7.68. The number of nitrogens with zero attached hydrogens (tertiary/aromatic N) is 1. The largest absolute Gasteiger partial charge is 0.467 e. The van der Waals surface area contributed by atoms with Gasteiger partial charge in [-0.15, -0.1) is 0 Å². The van der Waals surface area contributed by atoms with Crippen molar-refractivity contribution in [3.8, 4) is 0 Å². The van der Waals surface area contributed by atoms with E-state index in [-0.39, 0.29) is 5.92 Å². The van der Waals surface area contributed by atoms with E-state index in [2.05, 4.69) is 10.1 Å². The van der Waals surface area contributed by atoms with Gasteiger partial charge in [0.05, 0.1) is 13.2 Å². The summed E-state index contributed by atoms with van der Waals surface area (Å²) in [4.78, 5) is 38.0. The van der Waals surface area contributed by atoms with Crippen LogP contribution in [0.3, 0.4) is 0 Å². The summed E-state index contributed by atoms with van der Waals surface area (Å²) in [5.74, 6) is -1.57. The van der Waals surface area contributed by atoms with Crippen molar-refractivity contribution >= 4 is 18.0 Å². The second kappa shape index (κ2) is 9.19. The lowest BCUT2D eigenvalue weighted by Crippen LogP contribution is -2.55. The van der Waals surface area contributed by atoms with E-state index in [1.54, 1.807) is 20.8 Å². The van der Waals surface area contributed by atoms with E-state index in [1.165, 1.54) is 4.90 Å². The Labute approximate surface area is 154 Å². The molecule has 1 unspecified atom stereocenters. The molecule has 1 saturated heterocycles. The molecule has 1 aliphatic rings. The molecule has 0 spiro atoms. The quantitative estimate of drug-likeness (QED) is 0.722. The number of carbonyl (C=O) groups excluding carboxylic acids is 3. The van der Waals surface area contributed by atoms with Crippen LogP contribution in [0.1, 0.15) is 53.9 Å². The highest BCUT2D eigenvalue weighted by atomic mass is 19.1.